The summed E-state index contributed by atoms with van der Waals surface area (Å²) in [5.74, 6) is -2.64. The summed E-state index contributed by atoms with van der Waals surface area (Å²) in [6, 6.07) is 10.5. The fourth-order valence-corrected chi connectivity index (χ4v) is 9.18. The highest BCUT2D eigenvalue weighted by Gasteiger charge is 2.47. The fraction of sp³-hybridized carbons (Fsp3) is 0.526. The largest absolute Gasteiger partial charge is 0.542 e. The molecule has 2 aliphatic rings. The summed E-state index contributed by atoms with van der Waals surface area (Å²) >= 11 is 13.3. The number of aliphatic carboxylic acids is 1. The second-order valence-electron chi connectivity index (χ2n) is 15.2. The number of aryl methyl sites for hydroxylation is 2. The van der Waals surface area contributed by atoms with Gasteiger partial charge in [-0.05, 0) is 69.4 Å². The third-order valence-corrected chi connectivity index (χ3v) is 12.2. The van der Waals surface area contributed by atoms with Crippen molar-refractivity contribution in [1.29, 1.82) is 0 Å². The Morgan fingerprint density at radius 1 is 0.982 bits per heavy atom. The number of carboxylic acid groups (broad SMARTS) is 1. The van der Waals surface area contributed by atoms with Crippen molar-refractivity contribution in [2.45, 2.75) is 82.0 Å². The average Bonchev–Trinajstić information content (AvgIpc) is 3.58. The minimum atomic E-state index is -5.19. The van der Waals surface area contributed by atoms with E-state index in [1.54, 1.807) is 11.0 Å². The Balaban J connectivity index is 0.000000908. The number of carbonyl (C=O) groups excluding carboxylic acids is 3. The number of hydrogen-bond acceptors (Lipinski definition) is 8. The lowest BCUT2D eigenvalue weighted by Gasteiger charge is -2.40. The van der Waals surface area contributed by atoms with Crippen LogP contribution < -0.4 is 14.6 Å². The zero-order chi connectivity index (χ0) is 41.6. The van der Waals surface area contributed by atoms with E-state index in [2.05, 4.69) is 30.8 Å². The molecule has 2 fully saturated rings. The highest BCUT2D eigenvalue weighted by Crippen LogP contribution is 2.37. The Morgan fingerprint density at radius 2 is 1.59 bits per heavy atom. The smallest absolute Gasteiger partial charge is 0.430 e. The van der Waals surface area contributed by atoms with Crippen molar-refractivity contribution in [1.82, 2.24) is 19.5 Å². The van der Waals surface area contributed by atoms with Crippen molar-refractivity contribution in [2.24, 2.45) is 0 Å². The summed E-state index contributed by atoms with van der Waals surface area (Å²) in [6.07, 6.45) is -0.709. The number of fused-ring (bicyclic) bond motifs is 1. The first-order valence-electron chi connectivity index (χ1n) is 18.2. The van der Waals surface area contributed by atoms with E-state index < -0.39 is 27.7 Å². The average molecular weight is 847 g/mol. The molecular formula is C38H48Cl2F3N5O7S. The molecule has 0 unspecified atom stereocenters. The van der Waals surface area contributed by atoms with Gasteiger partial charge in [0.2, 0.25) is 21.8 Å². The third kappa shape index (κ3) is 11.5. The number of hydrogen-bond donors (Lipinski definition) is 1. The van der Waals surface area contributed by atoms with E-state index >= 15 is 0 Å². The van der Waals surface area contributed by atoms with Gasteiger partial charge in [-0.25, -0.2) is 13.4 Å². The summed E-state index contributed by atoms with van der Waals surface area (Å²) < 4.78 is 69.3. The van der Waals surface area contributed by atoms with Crippen LogP contribution in [0.25, 0.3) is 10.9 Å². The number of nitrogens with one attached hydrogen (secondary N) is 1. The number of carbonyl (C=O) groups is 3. The number of amides is 2. The van der Waals surface area contributed by atoms with Gasteiger partial charge in [0, 0.05) is 54.3 Å². The Labute approximate surface area is 335 Å². The number of ether oxygens (including phenoxy) is 1. The minimum absolute atomic E-state index is 0.0604. The Kier molecular flexibility index (Phi) is 14.7. The number of alkyl halides is 3. The fourth-order valence-electron chi connectivity index (χ4n) is 6.87. The first-order valence-corrected chi connectivity index (χ1v) is 20.4. The quantitative estimate of drug-likeness (QED) is 0.194. The van der Waals surface area contributed by atoms with E-state index in [1.165, 1.54) is 12.1 Å². The maximum atomic E-state index is 14.0. The van der Waals surface area contributed by atoms with E-state index in [9.17, 15) is 31.2 Å². The summed E-state index contributed by atoms with van der Waals surface area (Å²) in [4.78, 5) is 43.7. The van der Waals surface area contributed by atoms with Gasteiger partial charge >= 0.3 is 6.18 Å². The molecule has 0 bridgehead atoms. The van der Waals surface area contributed by atoms with Crippen molar-refractivity contribution in [3.05, 3.63) is 63.3 Å². The molecule has 2 heterocycles. The van der Waals surface area contributed by atoms with Gasteiger partial charge in [0.1, 0.15) is 34.3 Å². The van der Waals surface area contributed by atoms with Crippen LogP contribution in [0.4, 0.5) is 13.2 Å². The molecule has 1 saturated carbocycles. The molecule has 5 rings (SSSR count). The van der Waals surface area contributed by atoms with Crippen LogP contribution in [0.5, 0.6) is 5.75 Å². The molecule has 0 atom stereocenters. The number of quaternary nitrogens is 1. The number of piperazine rings is 1. The van der Waals surface area contributed by atoms with Crippen LogP contribution in [0, 0.1) is 13.8 Å². The molecule has 56 heavy (non-hydrogen) atoms. The number of para-hydroxylation sites is 1. The number of rotatable bonds is 12. The minimum Gasteiger partial charge on any atom is -0.542 e. The molecule has 1 aliphatic heterocycles. The second-order valence-corrected chi connectivity index (χ2v) is 17.6. The first-order chi connectivity index (χ1) is 26.0. The summed E-state index contributed by atoms with van der Waals surface area (Å²) in [6.45, 7) is 6.42. The van der Waals surface area contributed by atoms with Gasteiger partial charge in [-0.3, -0.25) is 9.59 Å². The number of unbranched alkanes of at least 4 members (excludes halogenated alkanes) is 1. The Morgan fingerprint density at radius 3 is 2.18 bits per heavy atom. The summed E-state index contributed by atoms with van der Waals surface area (Å²) in [7, 11) is 2.16. The van der Waals surface area contributed by atoms with Crippen molar-refractivity contribution in [3.8, 4) is 5.75 Å². The third-order valence-electron chi connectivity index (χ3n) is 9.77. The molecule has 308 valence electrons. The molecule has 1 saturated heterocycles. The van der Waals surface area contributed by atoms with E-state index in [4.69, 9.17) is 37.8 Å². The lowest BCUT2D eigenvalue weighted by atomic mass is 9.96. The summed E-state index contributed by atoms with van der Waals surface area (Å²) in [5.41, 5.74) is 1.64. The molecule has 0 radical (unpaired) electrons. The highest BCUT2D eigenvalue weighted by molar-refractivity contribution is 7.89. The Bertz CT molecular complexity index is 2030. The first kappa shape index (κ1) is 45.0. The number of pyridine rings is 1. The van der Waals surface area contributed by atoms with Gasteiger partial charge < -0.3 is 28.9 Å². The maximum absolute atomic E-state index is 14.0. The number of benzene rings is 2. The zero-order valence-corrected chi connectivity index (χ0v) is 34.4. The van der Waals surface area contributed by atoms with Crippen LogP contribution in [0.2, 0.25) is 10.0 Å². The zero-order valence-electron chi connectivity index (χ0n) is 32.1. The molecule has 12 nitrogen and oxygen atoms in total. The van der Waals surface area contributed by atoms with Gasteiger partial charge in [-0.15, -0.1) is 0 Å². The van der Waals surface area contributed by atoms with Crippen molar-refractivity contribution in [2.75, 3.05) is 53.9 Å². The van der Waals surface area contributed by atoms with Gasteiger partial charge in [-0.2, -0.15) is 17.9 Å². The van der Waals surface area contributed by atoms with Crippen LogP contribution in [0.3, 0.4) is 0 Å². The topological polar surface area (TPSA) is 149 Å². The molecule has 1 N–H and O–H groups in total. The molecular weight excluding hydrogens is 798 g/mol. The molecule has 3 aromatic rings. The number of nitrogens with zero attached hydrogens (tertiary/aromatic N) is 4. The molecule has 2 aromatic carbocycles. The molecule has 1 aromatic heterocycles. The molecule has 18 heteroatoms. The van der Waals surface area contributed by atoms with Gasteiger partial charge in [0.15, 0.2) is 0 Å². The lowest BCUT2D eigenvalue weighted by molar-refractivity contribution is -0.870. The van der Waals surface area contributed by atoms with E-state index in [1.807, 2.05) is 36.9 Å². The van der Waals surface area contributed by atoms with Crippen molar-refractivity contribution in [3.63, 3.8) is 0 Å². The van der Waals surface area contributed by atoms with Crippen LogP contribution in [-0.2, 0) is 31.0 Å². The van der Waals surface area contributed by atoms with Crippen LogP contribution >= 0.6 is 23.2 Å². The van der Waals surface area contributed by atoms with Gasteiger partial charge in [0.05, 0.1) is 32.7 Å². The maximum Gasteiger partial charge on any atom is 0.430 e. The second kappa shape index (κ2) is 18.3. The number of carboxylic acids is 1. The predicted octanol–water partition coefficient (Wildman–Crippen LogP) is 5.17. The standard InChI is InChI=1S/C36H48Cl2N5O5S.C2HF3O2/c1-25-23-26(2)39-34-27(25)11-10-12-30(34)48-24-28-29(37)14-15-31(33(28)38)49(46,47)40-36(16-7-8-17-36)35(45)42-20-18-41(19-21-42)32(44)13-6-9-22-43(3,4)5;3-2(4,5)1(6)7/h10-12,14-15,23,40H,6-9,13,16-22,24H2,1-5H3;(H,6,7)/q+1;/p-1. The van der Waals surface area contributed by atoms with E-state index in [0.717, 1.165) is 40.5 Å². The Hall–Kier alpha value is -3.70. The van der Waals surface area contributed by atoms with Crippen LogP contribution in [0.15, 0.2) is 41.3 Å². The van der Waals surface area contributed by atoms with E-state index in [0.29, 0.717) is 75.1 Å². The van der Waals surface area contributed by atoms with E-state index in [-0.39, 0.29) is 33.4 Å². The molecule has 0 spiro atoms. The van der Waals surface area contributed by atoms with Gasteiger partial charge in [0.25, 0.3) is 0 Å². The summed E-state index contributed by atoms with van der Waals surface area (Å²) in [5, 5.41) is 9.94. The normalized spacial score (nSPS) is 16.0. The molecule has 1 aliphatic carbocycles. The van der Waals surface area contributed by atoms with Crippen molar-refractivity contribution < 1.29 is 50.3 Å². The number of sulfonamides is 1. The van der Waals surface area contributed by atoms with Crippen LogP contribution in [0.1, 0.15) is 61.8 Å². The lowest BCUT2D eigenvalue weighted by Crippen LogP contribution is -2.61. The van der Waals surface area contributed by atoms with Crippen molar-refractivity contribution >= 4 is 61.9 Å². The number of aromatic nitrogens is 1. The predicted molar refractivity (Wildman–Crippen MR) is 205 cm³/mol. The highest BCUT2D eigenvalue weighted by atomic mass is 35.5. The van der Waals surface area contributed by atoms with Gasteiger partial charge in [-0.1, -0.05) is 48.2 Å². The molecule has 2 amide bonds. The number of halogens is 5. The monoisotopic (exact) mass is 845 g/mol. The van der Waals surface area contributed by atoms with Crippen LogP contribution in [-0.4, -0.2) is 111 Å². The SMILES string of the molecule is Cc1cc(C)c2cccc(OCc3c(Cl)ccc(S(=O)(=O)NC4(C(=O)N5CCN(C(=O)CCCC[N+](C)(C)C)CC5)CCCC4)c3Cl)c2n1.O=C([O-])C(F)(F)F.